The lowest BCUT2D eigenvalue weighted by atomic mass is 10.2. The van der Waals surface area contributed by atoms with Crippen LogP contribution >= 0.6 is 0 Å². The third-order valence-corrected chi connectivity index (χ3v) is 3.75. The molecule has 0 saturated carbocycles. The smallest absolute Gasteiger partial charge is 0.270 e. The highest BCUT2D eigenvalue weighted by Crippen LogP contribution is 2.14. The molecule has 3 heterocycles. The third kappa shape index (κ3) is 4.50. The summed E-state index contributed by atoms with van der Waals surface area (Å²) in [7, 11) is 0. The molecule has 0 spiro atoms. The molecule has 1 amide bonds. The maximum atomic E-state index is 12.2. The summed E-state index contributed by atoms with van der Waals surface area (Å²) in [6.45, 7) is 2.05. The van der Waals surface area contributed by atoms with Gasteiger partial charge in [-0.2, -0.15) is 0 Å². The van der Waals surface area contributed by atoms with Gasteiger partial charge in [0.05, 0.1) is 6.10 Å². The van der Waals surface area contributed by atoms with E-state index in [4.69, 9.17) is 4.74 Å². The number of ether oxygens (including phenoxy) is 1. The standard InChI is InChI=1S/C17H20N4O2/c22-17(21-11-13-3-6-18-7-4-13)16-10-14(5-8-19-16)20-12-15-2-1-9-23-15/h3-8,10,15H,1-2,9,11-12H2,(H,19,20)(H,21,22). The zero-order chi connectivity index (χ0) is 15.9. The Morgan fingerprint density at radius 3 is 2.91 bits per heavy atom. The number of aromatic nitrogens is 2. The normalized spacial score (nSPS) is 17.0. The first kappa shape index (κ1) is 15.4. The highest BCUT2D eigenvalue weighted by Gasteiger charge is 2.15. The van der Waals surface area contributed by atoms with Crippen LogP contribution in [0.25, 0.3) is 0 Å². The molecule has 120 valence electrons. The van der Waals surface area contributed by atoms with E-state index in [-0.39, 0.29) is 12.0 Å². The van der Waals surface area contributed by atoms with Crippen LogP contribution in [-0.2, 0) is 11.3 Å². The van der Waals surface area contributed by atoms with E-state index in [1.54, 1.807) is 24.7 Å². The lowest BCUT2D eigenvalue weighted by molar-refractivity contribution is 0.0946. The molecule has 3 rings (SSSR count). The fraction of sp³-hybridized carbons (Fsp3) is 0.353. The average Bonchev–Trinajstić information content (AvgIpc) is 3.12. The molecule has 0 aliphatic carbocycles. The van der Waals surface area contributed by atoms with Crippen molar-refractivity contribution < 1.29 is 9.53 Å². The number of rotatable bonds is 6. The number of pyridine rings is 2. The van der Waals surface area contributed by atoms with Crippen molar-refractivity contribution in [2.45, 2.75) is 25.5 Å². The van der Waals surface area contributed by atoms with E-state index in [0.717, 1.165) is 37.2 Å². The van der Waals surface area contributed by atoms with Crippen LogP contribution in [0.1, 0.15) is 28.9 Å². The zero-order valence-corrected chi connectivity index (χ0v) is 12.9. The minimum atomic E-state index is -0.192. The quantitative estimate of drug-likeness (QED) is 0.853. The van der Waals surface area contributed by atoms with Crippen molar-refractivity contribution in [1.29, 1.82) is 0 Å². The largest absolute Gasteiger partial charge is 0.382 e. The average molecular weight is 312 g/mol. The van der Waals surface area contributed by atoms with Crippen LogP contribution < -0.4 is 10.6 Å². The van der Waals surface area contributed by atoms with E-state index < -0.39 is 0 Å². The predicted octanol–water partition coefficient (Wildman–Crippen LogP) is 2.00. The Morgan fingerprint density at radius 1 is 1.26 bits per heavy atom. The summed E-state index contributed by atoms with van der Waals surface area (Å²) in [6.07, 6.45) is 7.50. The number of hydrogen-bond acceptors (Lipinski definition) is 5. The Labute approximate surface area is 135 Å². The Bertz CT molecular complexity index is 642. The summed E-state index contributed by atoms with van der Waals surface area (Å²) < 4.78 is 5.58. The summed E-state index contributed by atoms with van der Waals surface area (Å²) in [6, 6.07) is 7.35. The second-order valence-corrected chi connectivity index (χ2v) is 5.48. The third-order valence-electron chi connectivity index (χ3n) is 3.75. The first-order valence-electron chi connectivity index (χ1n) is 7.80. The van der Waals surface area contributed by atoms with E-state index in [1.165, 1.54) is 0 Å². The number of nitrogens with one attached hydrogen (secondary N) is 2. The number of nitrogens with zero attached hydrogens (tertiary/aromatic N) is 2. The molecule has 1 aliphatic rings. The van der Waals surface area contributed by atoms with Crippen LogP contribution in [0.3, 0.4) is 0 Å². The van der Waals surface area contributed by atoms with E-state index in [1.807, 2.05) is 18.2 Å². The Hall–Kier alpha value is -2.47. The van der Waals surface area contributed by atoms with Gasteiger partial charge in [-0.15, -0.1) is 0 Å². The number of carbonyl (C=O) groups excluding carboxylic acids is 1. The summed E-state index contributed by atoms with van der Waals surface area (Å²) >= 11 is 0. The summed E-state index contributed by atoms with van der Waals surface area (Å²) in [5.74, 6) is -0.192. The molecule has 23 heavy (non-hydrogen) atoms. The molecule has 1 atom stereocenters. The summed E-state index contributed by atoms with van der Waals surface area (Å²) in [5.41, 5.74) is 2.28. The molecule has 0 radical (unpaired) electrons. The van der Waals surface area contributed by atoms with E-state index in [0.29, 0.717) is 12.2 Å². The van der Waals surface area contributed by atoms with Crippen molar-refractivity contribution in [3.8, 4) is 0 Å². The van der Waals surface area contributed by atoms with Crippen molar-refractivity contribution in [1.82, 2.24) is 15.3 Å². The molecule has 6 heteroatoms. The van der Waals surface area contributed by atoms with E-state index in [9.17, 15) is 4.79 Å². The molecule has 0 aromatic carbocycles. The van der Waals surface area contributed by atoms with Gasteiger partial charge in [0.1, 0.15) is 5.69 Å². The van der Waals surface area contributed by atoms with Crippen LogP contribution in [0.4, 0.5) is 5.69 Å². The molecular formula is C17H20N4O2. The van der Waals surface area contributed by atoms with Gasteiger partial charge in [-0.1, -0.05) is 0 Å². The van der Waals surface area contributed by atoms with Crippen LogP contribution in [0, 0.1) is 0 Å². The SMILES string of the molecule is O=C(NCc1ccncc1)c1cc(NCC2CCCO2)ccn1. The Kier molecular flexibility index (Phi) is 5.16. The van der Waals surface area contributed by atoms with Gasteiger partial charge >= 0.3 is 0 Å². The lowest BCUT2D eigenvalue weighted by Crippen LogP contribution is -2.24. The minimum absolute atomic E-state index is 0.192. The molecule has 1 aliphatic heterocycles. The molecule has 2 aromatic rings. The number of anilines is 1. The predicted molar refractivity (Wildman–Crippen MR) is 87.1 cm³/mol. The van der Waals surface area contributed by atoms with Crippen LogP contribution in [0.2, 0.25) is 0 Å². The molecule has 1 fully saturated rings. The van der Waals surface area contributed by atoms with Crippen molar-refractivity contribution in [2.75, 3.05) is 18.5 Å². The van der Waals surface area contributed by atoms with Crippen LogP contribution in [0.15, 0.2) is 42.9 Å². The second kappa shape index (κ2) is 7.69. The molecule has 2 N–H and O–H groups in total. The van der Waals surface area contributed by atoms with Gasteiger partial charge in [0.25, 0.3) is 5.91 Å². The van der Waals surface area contributed by atoms with Gasteiger partial charge < -0.3 is 15.4 Å². The first-order valence-corrected chi connectivity index (χ1v) is 7.80. The molecule has 2 aromatic heterocycles. The topological polar surface area (TPSA) is 76.1 Å². The monoisotopic (exact) mass is 312 g/mol. The summed E-state index contributed by atoms with van der Waals surface area (Å²) in [5, 5.41) is 6.16. The Morgan fingerprint density at radius 2 is 2.13 bits per heavy atom. The van der Waals surface area contributed by atoms with Gasteiger partial charge in [-0.25, -0.2) is 0 Å². The molecule has 6 nitrogen and oxygen atoms in total. The molecule has 0 bridgehead atoms. The number of amides is 1. The van der Waals surface area contributed by atoms with Gasteiger partial charge in [-0.05, 0) is 42.7 Å². The number of carbonyl (C=O) groups is 1. The lowest BCUT2D eigenvalue weighted by Gasteiger charge is -2.12. The number of hydrogen-bond donors (Lipinski definition) is 2. The maximum absolute atomic E-state index is 12.2. The van der Waals surface area contributed by atoms with Crippen molar-refractivity contribution >= 4 is 11.6 Å². The van der Waals surface area contributed by atoms with Crippen LogP contribution in [0.5, 0.6) is 0 Å². The van der Waals surface area contributed by atoms with Crippen molar-refractivity contribution in [3.05, 3.63) is 54.1 Å². The molecule has 1 saturated heterocycles. The van der Waals surface area contributed by atoms with Gasteiger partial charge in [-0.3, -0.25) is 14.8 Å². The molecular weight excluding hydrogens is 292 g/mol. The van der Waals surface area contributed by atoms with Crippen molar-refractivity contribution in [3.63, 3.8) is 0 Å². The van der Waals surface area contributed by atoms with Gasteiger partial charge in [0, 0.05) is 44.0 Å². The fourth-order valence-corrected chi connectivity index (χ4v) is 2.48. The highest BCUT2D eigenvalue weighted by molar-refractivity contribution is 5.93. The van der Waals surface area contributed by atoms with E-state index in [2.05, 4.69) is 20.6 Å². The van der Waals surface area contributed by atoms with Crippen LogP contribution in [-0.4, -0.2) is 35.1 Å². The zero-order valence-electron chi connectivity index (χ0n) is 12.9. The van der Waals surface area contributed by atoms with Crippen molar-refractivity contribution in [2.24, 2.45) is 0 Å². The van der Waals surface area contributed by atoms with Gasteiger partial charge in [0.2, 0.25) is 0 Å². The molecule has 1 unspecified atom stereocenters. The summed E-state index contributed by atoms with van der Waals surface area (Å²) in [4.78, 5) is 20.3. The van der Waals surface area contributed by atoms with E-state index >= 15 is 0 Å². The second-order valence-electron chi connectivity index (χ2n) is 5.48. The fourth-order valence-electron chi connectivity index (χ4n) is 2.48. The Balaban J connectivity index is 1.54. The minimum Gasteiger partial charge on any atom is -0.382 e. The first-order chi connectivity index (χ1) is 11.3. The maximum Gasteiger partial charge on any atom is 0.270 e. The van der Waals surface area contributed by atoms with Gasteiger partial charge in [0.15, 0.2) is 0 Å². The highest BCUT2D eigenvalue weighted by atomic mass is 16.5.